The summed E-state index contributed by atoms with van der Waals surface area (Å²) < 4.78 is 5.38. The third-order valence-corrected chi connectivity index (χ3v) is 5.16. The van der Waals surface area contributed by atoms with Crippen LogP contribution in [0.15, 0.2) is 11.6 Å². The molecule has 7 nitrogen and oxygen atoms in total. The molecule has 1 aromatic rings. The molecular formula is C17H27N5O2. The van der Waals surface area contributed by atoms with Crippen molar-refractivity contribution >= 4 is 6.09 Å². The van der Waals surface area contributed by atoms with Gasteiger partial charge in [-0.15, -0.1) is 10.2 Å². The third-order valence-electron chi connectivity index (χ3n) is 5.16. The average molecular weight is 333 g/mol. The summed E-state index contributed by atoms with van der Waals surface area (Å²) >= 11 is 0. The Morgan fingerprint density at radius 3 is 2.92 bits per heavy atom. The first-order chi connectivity index (χ1) is 11.3. The van der Waals surface area contributed by atoms with Gasteiger partial charge in [0.15, 0.2) is 5.82 Å². The van der Waals surface area contributed by atoms with Crippen LogP contribution in [0.2, 0.25) is 0 Å². The maximum atomic E-state index is 12.1. The van der Waals surface area contributed by atoms with Gasteiger partial charge < -0.3 is 10.1 Å². The Morgan fingerprint density at radius 2 is 2.29 bits per heavy atom. The zero-order valence-corrected chi connectivity index (χ0v) is 14.9. The van der Waals surface area contributed by atoms with Crippen LogP contribution in [0.25, 0.3) is 0 Å². The predicted molar refractivity (Wildman–Crippen MR) is 89.1 cm³/mol. The van der Waals surface area contributed by atoms with Crippen molar-refractivity contribution in [2.24, 2.45) is 17.3 Å². The number of hydrogen-bond acceptors (Lipinski definition) is 5. The molecule has 2 aliphatic carbocycles. The molecule has 0 saturated heterocycles. The number of fused-ring (bicyclic) bond motifs is 1. The van der Waals surface area contributed by atoms with Crippen molar-refractivity contribution in [1.82, 2.24) is 25.9 Å². The Hall–Kier alpha value is -1.92. The molecule has 7 heteroatoms. The van der Waals surface area contributed by atoms with Crippen molar-refractivity contribution in [3.8, 4) is 0 Å². The van der Waals surface area contributed by atoms with E-state index in [2.05, 4.69) is 38.9 Å². The SMILES string of the molecule is CCC1=C[C@@H]2[C@H](C1)C[C@]2(CNC(=O)OC(C)(C)C)Cc1nn[nH]n1. The van der Waals surface area contributed by atoms with Gasteiger partial charge in [-0.1, -0.05) is 23.8 Å². The number of rotatable bonds is 5. The zero-order valence-electron chi connectivity index (χ0n) is 14.9. The van der Waals surface area contributed by atoms with Crippen molar-refractivity contribution in [2.75, 3.05) is 6.54 Å². The Bertz CT molecular complexity index is 619. The quantitative estimate of drug-likeness (QED) is 0.808. The minimum atomic E-state index is -0.490. The number of H-pyrrole nitrogens is 1. The minimum absolute atomic E-state index is 0.0393. The van der Waals surface area contributed by atoms with Gasteiger partial charge >= 0.3 is 6.09 Å². The van der Waals surface area contributed by atoms with Crippen LogP contribution in [0.3, 0.4) is 0 Å². The van der Waals surface area contributed by atoms with Crippen molar-refractivity contribution in [3.05, 3.63) is 17.5 Å². The fraction of sp³-hybridized carbons (Fsp3) is 0.765. The van der Waals surface area contributed by atoms with Crippen LogP contribution in [-0.4, -0.2) is 38.9 Å². The molecule has 0 radical (unpaired) electrons. The van der Waals surface area contributed by atoms with Crippen LogP contribution in [0.5, 0.6) is 0 Å². The van der Waals surface area contributed by atoms with Gasteiger partial charge in [0.25, 0.3) is 0 Å². The molecule has 1 saturated carbocycles. The van der Waals surface area contributed by atoms with Gasteiger partial charge in [-0.05, 0) is 51.9 Å². The molecular weight excluding hydrogens is 306 g/mol. The lowest BCUT2D eigenvalue weighted by atomic mass is 9.53. The third kappa shape index (κ3) is 3.44. The van der Waals surface area contributed by atoms with E-state index in [1.807, 2.05) is 20.8 Å². The van der Waals surface area contributed by atoms with Gasteiger partial charge in [0.1, 0.15) is 5.60 Å². The number of aromatic amines is 1. The first-order valence-corrected chi connectivity index (χ1v) is 8.70. The molecule has 132 valence electrons. The lowest BCUT2D eigenvalue weighted by molar-refractivity contribution is -0.00625. The summed E-state index contributed by atoms with van der Waals surface area (Å²) in [5.74, 6) is 1.87. The summed E-state index contributed by atoms with van der Waals surface area (Å²) in [5.41, 5.74) is 0.996. The van der Waals surface area contributed by atoms with Crippen molar-refractivity contribution < 1.29 is 9.53 Å². The second-order valence-electron chi connectivity index (χ2n) is 8.10. The van der Waals surface area contributed by atoms with E-state index < -0.39 is 5.60 Å². The monoisotopic (exact) mass is 333 g/mol. The van der Waals surface area contributed by atoms with Gasteiger partial charge in [-0.3, -0.25) is 0 Å². The summed E-state index contributed by atoms with van der Waals surface area (Å²) in [7, 11) is 0. The molecule has 2 N–H and O–H groups in total. The van der Waals surface area contributed by atoms with Crippen LogP contribution in [0.1, 0.15) is 52.8 Å². The van der Waals surface area contributed by atoms with E-state index in [-0.39, 0.29) is 11.5 Å². The number of carbonyl (C=O) groups is 1. The molecule has 0 aliphatic heterocycles. The summed E-state index contributed by atoms with van der Waals surface area (Å²) in [5, 5.41) is 17.4. The number of alkyl carbamates (subject to hydrolysis) is 1. The van der Waals surface area contributed by atoms with Crippen molar-refractivity contribution in [2.45, 2.75) is 59.0 Å². The highest BCUT2D eigenvalue weighted by atomic mass is 16.6. The van der Waals surface area contributed by atoms with Crippen LogP contribution in [0, 0.1) is 17.3 Å². The fourth-order valence-electron chi connectivity index (χ4n) is 4.13. The summed E-state index contributed by atoms with van der Waals surface area (Å²) in [6, 6.07) is 0. The van der Waals surface area contributed by atoms with Gasteiger partial charge in [0.05, 0.1) is 0 Å². The number of carbonyl (C=O) groups excluding carboxylic acids is 1. The molecule has 3 rings (SSSR count). The van der Waals surface area contributed by atoms with Crippen LogP contribution in [0.4, 0.5) is 4.79 Å². The topological polar surface area (TPSA) is 92.8 Å². The number of ether oxygens (including phenoxy) is 1. The van der Waals surface area contributed by atoms with Gasteiger partial charge in [0.2, 0.25) is 0 Å². The molecule has 0 aromatic carbocycles. The second-order valence-corrected chi connectivity index (χ2v) is 8.10. The van der Waals surface area contributed by atoms with E-state index >= 15 is 0 Å². The van der Waals surface area contributed by atoms with Gasteiger partial charge in [-0.25, -0.2) is 4.79 Å². The summed E-state index contributed by atoms with van der Waals surface area (Å²) in [4.78, 5) is 12.1. The molecule has 1 heterocycles. The van der Waals surface area contributed by atoms with Crippen LogP contribution < -0.4 is 5.32 Å². The van der Waals surface area contributed by atoms with E-state index in [0.717, 1.165) is 12.8 Å². The molecule has 1 fully saturated rings. The maximum Gasteiger partial charge on any atom is 0.407 e. The van der Waals surface area contributed by atoms with Crippen molar-refractivity contribution in [3.63, 3.8) is 0 Å². The maximum absolute atomic E-state index is 12.1. The van der Waals surface area contributed by atoms with Crippen molar-refractivity contribution in [1.29, 1.82) is 0 Å². The number of nitrogens with one attached hydrogen (secondary N) is 2. The van der Waals surface area contributed by atoms with Crippen LogP contribution in [-0.2, 0) is 11.2 Å². The normalized spacial score (nSPS) is 28.8. The van der Waals surface area contributed by atoms with E-state index in [1.165, 1.54) is 12.0 Å². The highest BCUT2D eigenvalue weighted by molar-refractivity contribution is 5.67. The van der Waals surface area contributed by atoms with E-state index in [9.17, 15) is 4.79 Å². The number of aromatic nitrogens is 4. The number of nitrogens with zero attached hydrogens (tertiary/aromatic N) is 3. The predicted octanol–water partition coefficient (Wildman–Crippen LogP) is 2.63. The number of hydrogen-bond donors (Lipinski definition) is 2. The smallest absolute Gasteiger partial charge is 0.407 e. The molecule has 0 spiro atoms. The minimum Gasteiger partial charge on any atom is -0.444 e. The molecule has 0 bridgehead atoms. The lowest BCUT2D eigenvalue weighted by Crippen LogP contribution is -2.54. The fourth-order valence-corrected chi connectivity index (χ4v) is 4.13. The molecule has 1 aromatic heterocycles. The first-order valence-electron chi connectivity index (χ1n) is 8.70. The molecule has 1 amide bonds. The lowest BCUT2D eigenvalue weighted by Gasteiger charge is -2.52. The molecule has 0 unspecified atom stereocenters. The summed E-state index contributed by atoms with van der Waals surface area (Å²) in [6.45, 7) is 8.39. The molecule has 3 atom stereocenters. The number of allylic oxidation sites excluding steroid dienone is 2. The Balaban J connectivity index is 1.70. The molecule has 2 aliphatic rings. The van der Waals surface area contributed by atoms with Gasteiger partial charge in [-0.2, -0.15) is 5.21 Å². The van der Waals surface area contributed by atoms with E-state index in [0.29, 0.717) is 30.6 Å². The first kappa shape index (κ1) is 16.9. The average Bonchev–Trinajstić information content (AvgIpc) is 3.09. The zero-order chi connectivity index (χ0) is 17.4. The number of tetrazole rings is 1. The molecule has 24 heavy (non-hydrogen) atoms. The van der Waals surface area contributed by atoms with Crippen LogP contribution >= 0.6 is 0 Å². The van der Waals surface area contributed by atoms with Gasteiger partial charge in [0, 0.05) is 18.4 Å². The Morgan fingerprint density at radius 1 is 1.50 bits per heavy atom. The second kappa shape index (κ2) is 6.18. The highest BCUT2D eigenvalue weighted by Gasteiger charge is 2.55. The van der Waals surface area contributed by atoms with E-state index in [1.54, 1.807) is 0 Å². The highest BCUT2D eigenvalue weighted by Crippen LogP contribution is 2.59. The Kier molecular flexibility index (Phi) is 4.36. The Labute approximate surface area is 142 Å². The van der Waals surface area contributed by atoms with E-state index in [4.69, 9.17) is 4.74 Å². The largest absolute Gasteiger partial charge is 0.444 e. The number of amides is 1. The summed E-state index contributed by atoms with van der Waals surface area (Å²) in [6.07, 6.45) is 6.11. The standard InChI is InChI=1S/C17H27N5O2/c1-5-11-6-12-8-17(13(12)7-11,9-14-19-21-22-20-14)10-18-15(23)24-16(2,3)4/h7,12-13H,5-6,8-10H2,1-4H3,(H,18,23)(H,19,20,21,22)/t12-,13-,17-/m1/s1.